The lowest BCUT2D eigenvalue weighted by atomic mass is 10.1. The Kier molecular flexibility index (Phi) is 3.97. The van der Waals surface area contributed by atoms with Crippen LogP contribution < -0.4 is 0 Å². The lowest BCUT2D eigenvalue weighted by Gasteiger charge is -2.20. The van der Waals surface area contributed by atoms with E-state index in [9.17, 15) is 0 Å². The Morgan fingerprint density at radius 1 is 1.12 bits per heavy atom. The van der Waals surface area contributed by atoms with Crippen LogP contribution in [0.4, 0.5) is 0 Å². The molecule has 0 atom stereocenters. The van der Waals surface area contributed by atoms with Crippen LogP contribution in [0.15, 0.2) is 24.3 Å². The Hall–Kier alpha value is -0.860. The van der Waals surface area contributed by atoms with Crippen molar-refractivity contribution in [2.75, 3.05) is 33.2 Å². The van der Waals surface area contributed by atoms with Crippen molar-refractivity contribution in [3.8, 4) is 0 Å². The van der Waals surface area contributed by atoms with Gasteiger partial charge in [0.1, 0.15) is 0 Å². The minimum Gasteiger partial charge on any atom is -0.305 e. The van der Waals surface area contributed by atoms with E-state index in [1.165, 1.54) is 43.7 Å². The van der Waals surface area contributed by atoms with Gasteiger partial charge >= 0.3 is 0 Å². The summed E-state index contributed by atoms with van der Waals surface area (Å²) in [7, 11) is 2.22. The minimum atomic E-state index is 1.11. The Morgan fingerprint density at radius 2 is 2.00 bits per heavy atom. The van der Waals surface area contributed by atoms with Crippen molar-refractivity contribution in [1.82, 2.24) is 9.80 Å². The summed E-state index contributed by atoms with van der Waals surface area (Å²) in [4.78, 5) is 4.99. The molecule has 1 aromatic rings. The average Bonchev–Trinajstić information content (AvgIpc) is 2.44. The molecule has 0 radical (unpaired) electrons. The van der Waals surface area contributed by atoms with Crippen LogP contribution in [-0.2, 0) is 6.54 Å². The molecule has 1 fully saturated rings. The quantitative estimate of drug-likeness (QED) is 0.750. The van der Waals surface area contributed by atoms with Gasteiger partial charge in [0.05, 0.1) is 0 Å². The summed E-state index contributed by atoms with van der Waals surface area (Å²) in [5.41, 5.74) is 2.81. The van der Waals surface area contributed by atoms with E-state index >= 15 is 0 Å². The Morgan fingerprint density at radius 3 is 2.81 bits per heavy atom. The maximum atomic E-state index is 2.57. The van der Waals surface area contributed by atoms with Gasteiger partial charge in [0, 0.05) is 19.6 Å². The van der Waals surface area contributed by atoms with Crippen LogP contribution in [0.3, 0.4) is 0 Å². The molecule has 2 nitrogen and oxygen atoms in total. The first kappa shape index (κ1) is 11.6. The normalized spacial score (nSPS) is 19.6. The first-order valence-electron chi connectivity index (χ1n) is 6.20. The van der Waals surface area contributed by atoms with Gasteiger partial charge in [-0.3, -0.25) is 4.90 Å². The summed E-state index contributed by atoms with van der Waals surface area (Å²) in [6, 6.07) is 8.87. The number of rotatable bonds is 2. The maximum Gasteiger partial charge on any atom is 0.0234 e. The van der Waals surface area contributed by atoms with Gasteiger partial charge in [0.25, 0.3) is 0 Å². The number of likely N-dealkylation sites (N-methyl/N-ethyl adjacent to an activating group) is 1. The van der Waals surface area contributed by atoms with Crippen molar-refractivity contribution in [2.45, 2.75) is 19.9 Å². The van der Waals surface area contributed by atoms with Crippen molar-refractivity contribution in [3.63, 3.8) is 0 Å². The second-order valence-electron chi connectivity index (χ2n) is 4.92. The van der Waals surface area contributed by atoms with Gasteiger partial charge in [-0.25, -0.2) is 0 Å². The predicted molar refractivity (Wildman–Crippen MR) is 68.6 cm³/mol. The van der Waals surface area contributed by atoms with E-state index in [0.717, 1.165) is 6.54 Å². The molecular formula is C14H22N2. The first-order valence-corrected chi connectivity index (χ1v) is 6.20. The molecule has 16 heavy (non-hydrogen) atoms. The smallest absolute Gasteiger partial charge is 0.0234 e. The number of nitrogens with zero attached hydrogens (tertiary/aromatic N) is 2. The zero-order valence-electron chi connectivity index (χ0n) is 10.4. The molecule has 2 heteroatoms. The monoisotopic (exact) mass is 218 g/mol. The Bertz CT molecular complexity index is 335. The SMILES string of the molecule is Cc1cccc(CN2CCCN(C)CC2)c1. The first-order chi connectivity index (χ1) is 7.74. The molecule has 0 spiro atoms. The van der Waals surface area contributed by atoms with Crippen LogP contribution >= 0.6 is 0 Å². The summed E-state index contributed by atoms with van der Waals surface area (Å²) < 4.78 is 0. The molecule has 1 aromatic carbocycles. The average molecular weight is 218 g/mol. The van der Waals surface area contributed by atoms with E-state index in [2.05, 4.69) is 48.0 Å². The number of hydrogen-bond donors (Lipinski definition) is 0. The summed E-state index contributed by atoms with van der Waals surface area (Å²) in [6.07, 6.45) is 1.29. The van der Waals surface area contributed by atoms with Gasteiger partial charge in [-0.15, -0.1) is 0 Å². The molecule has 1 aliphatic heterocycles. The Balaban J connectivity index is 1.93. The molecule has 0 bridgehead atoms. The molecular weight excluding hydrogens is 196 g/mol. The second-order valence-corrected chi connectivity index (χ2v) is 4.92. The van der Waals surface area contributed by atoms with E-state index in [1.54, 1.807) is 0 Å². The van der Waals surface area contributed by atoms with Crippen molar-refractivity contribution < 1.29 is 0 Å². The molecule has 0 N–H and O–H groups in total. The number of benzene rings is 1. The largest absolute Gasteiger partial charge is 0.305 e. The van der Waals surface area contributed by atoms with Gasteiger partial charge in [-0.2, -0.15) is 0 Å². The molecule has 2 rings (SSSR count). The fourth-order valence-corrected chi connectivity index (χ4v) is 2.33. The predicted octanol–water partition coefficient (Wildman–Crippen LogP) is 2.13. The van der Waals surface area contributed by atoms with Gasteiger partial charge < -0.3 is 4.90 Å². The highest BCUT2D eigenvalue weighted by atomic mass is 15.2. The van der Waals surface area contributed by atoms with Gasteiger partial charge in [0.15, 0.2) is 0 Å². The third kappa shape index (κ3) is 3.32. The van der Waals surface area contributed by atoms with E-state index in [1.807, 2.05) is 0 Å². The third-order valence-electron chi connectivity index (χ3n) is 3.30. The van der Waals surface area contributed by atoms with Crippen molar-refractivity contribution in [2.24, 2.45) is 0 Å². The van der Waals surface area contributed by atoms with Crippen molar-refractivity contribution >= 4 is 0 Å². The third-order valence-corrected chi connectivity index (χ3v) is 3.30. The lowest BCUT2D eigenvalue weighted by molar-refractivity contribution is 0.269. The van der Waals surface area contributed by atoms with E-state index in [4.69, 9.17) is 0 Å². The second kappa shape index (κ2) is 5.46. The van der Waals surface area contributed by atoms with Crippen LogP contribution in [0.2, 0.25) is 0 Å². The molecule has 1 aliphatic rings. The zero-order valence-corrected chi connectivity index (χ0v) is 10.4. The van der Waals surface area contributed by atoms with Crippen LogP contribution in [0.25, 0.3) is 0 Å². The summed E-state index contributed by atoms with van der Waals surface area (Å²) in [6.45, 7) is 8.15. The van der Waals surface area contributed by atoms with Crippen LogP contribution in [0.5, 0.6) is 0 Å². The standard InChI is InChI=1S/C14H22N2/c1-13-5-3-6-14(11-13)12-16-8-4-7-15(2)9-10-16/h3,5-6,11H,4,7-10,12H2,1-2H3. The van der Waals surface area contributed by atoms with E-state index in [0.29, 0.717) is 0 Å². The highest BCUT2D eigenvalue weighted by Crippen LogP contribution is 2.09. The minimum absolute atomic E-state index is 1.11. The fourth-order valence-electron chi connectivity index (χ4n) is 2.33. The lowest BCUT2D eigenvalue weighted by Crippen LogP contribution is -2.28. The van der Waals surface area contributed by atoms with Gasteiger partial charge in [0.2, 0.25) is 0 Å². The summed E-state index contributed by atoms with van der Waals surface area (Å²) in [5, 5.41) is 0. The highest BCUT2D eigenvalue weighted by Gasteiger charge is 2.11. The van der Waals surface area contributed by atoms with Gasteiger partial charge in [-0.1, -0.05) is 29.8 Å². The maximum absolute atomic E-state index is 2.57. The number of hydrogen-bond acceptors (Lipinski definition) is 2. The molecule has 1 heterocycles. The summed E-state index contributed by atoms with van der Waals surface area (Å²) >= 11 is 0. The molecule has 0 saturated carbocycles. The molecule has 0 aliphatic carbocycles. The molecule has 0 amide bonds. The molecule has 1 saturated heterocycles. The molecule has 0 unspecified atom stereocenters. The number of aryl methyl sites for hydroxylation is 1. The molecule has 88 valence electrons. The van der Waals surface area contributed by atoms with Crippen LogP contribution in [-0.4, -0.2) is 43.0 Å². The van der Waals surface area contributed by atoms with E-state index < -0.39 is 0 Å². The van der Waals surface area contributed by atoms with Gasteiger partial charge in [-0.05, 0) is 39.0 Å². The Labute approximate surface area is 98.9 Å². The van der Waals surface area contributed by atoms with Crippen molar-refractivity contribution in [1.29, 1.82) is 0 Å². The van der Waals surface area contributed by atoms with Crippen molar-refractivity contribution in [3.05, 3.63) is 35.4 Å². The van der Waals surface area contributed by atoms with E-state index in [-0.39, 0.29) is 0 Å². The highest BCUT2D eigenvalue weighted by molar-refractivity contribution is 5.22. The van der Waals surface area contributed by atoms with Crippen LogP contribution in [0, 0.1) is 6.92 Å². The summed E-state index contributed by atoms with van der Waals surface area (Å²) in [5.74, 6) is 0. The molecule has 0 aromatic heterocycles. The topological polar surface area (TPSA) is 6.48 Å². The fraction of sp³-hybridized carbons (Fsp3) is 0.571. The van der Waals surface area contributed by atoms with Crippen LogP contribution in [0.1, 0.15) is 17.5 Å². The zero-order chi connectivity index (χ0) is 11.4.